The number of nitrogens with zero attached hydrogens (tertiary/aromatic N) is 4. The number of amides is 1. The summed E-state index contributed by atoms with van der Waals surface area (Å²) in [6.45, 7) is 5.16. The first-order valence-electron chi connectivity index (χ1n) is 7.56. The Morgan fingerprint density at radius 1 is 1.38 bits per heavy atom. The van der Waals surface area contributed by atoms with Crippen molar-refractivity contribution in [3.8, 4) is 0 Å². The Morgan fingerprint density at radius 3 is 2.75 bits per heavy atom. The molecule has 2 heterocycles. The maximum Gasteiger partial charge on any atom is 0.269 e. The highest BCUT2D eigenvalue weighted by Gasteiger charge is 2.23. The monoisotopic (exact) mass is 344 g/mol. The summed E-state index contributed by atoms with van der Waals surface area (Å²) >= 11 is 1.47. The van der Waals surface area contributed by atoms with Crippen LogP contribution in [0.15, 0.2) is 23.5 Å². The van der Waals surface area contributed by atoms with Crippen LogP contribution in [0.4, 0.5) is 0 Å². The molecule has 1 amide bonds. The van der Waals surface area contributed by atoms with Crippen molar-refractivity contribution >= 4 is 39.5 Å². The molecule has 3 aromatic rings. The smallest absolute Gasteiger partial charge is 0.269 e. The van der Waals surface area contributed by atoms with Crippen LogP contribution in [-0.4, -0.2) is 38.5 Å². The molecule has 7 nitrogen and oxygen atoms in total. The summed E-state index contributed by atoms with van der Waals surface area (Å²) in [5.41, 5.74) is 13.0. The summed E-state index contributed by atoms with van der Waals surface area (Å²) in [6, 6.07) is 3.73. The minimum absolute atomic E-state index is 0.175. The van der Waals surface area contributed by atoms with Gasteiger partial charge in [0.2, 0.25) is 0 Å². The topological polar surface area (TPSA) is 113 Å². The van der Waals surface area contributed by atoms with E-state index in [0.717, 1.165) is 16.4 Å². The molecule has 2 aromatic heterocycles. The largest absolute Gasteiger partial charge is 0.364 e. The molecule has 24 heavy (non-hydrogen) atoms. The van der Waals surface area contributed by atoms with Crippen molar-refractivity contribution < 1.29 is 4.79 Å². The number of benzene rings is 1. The Morgan fingerprint density at radius 2 is 2.12 bits per heavy atom. The normalized spacial score (nSPS) is 12.2. The second-order valence-corrected chi connectivity index (χ2v) is 7.27. The van der Waals surface area contributed by atoms with Gasteiger partial charge in [0, 0.05) is 23.5 Å². The molecular formula is C16H20N6OS. The van der Waals surface area contributed by atoms with Gasteiger partial charge in [0.05, 0.1) is 5.52 Å². The summed E-state index contributed by atoms with van der Waals surface area (Å²) in [5.74, 6) is -0.553. The Hall–Kier alpha value is -2.19. The fourth-order valence-electron chi connectivity index (χ4n) is 2.61. The fraction of sp³-hybridized carbons (Fsp3) is 0.375. The number of carbonyl (C=O) groups is 1. The SMILES string of the molecule is CSc1ncc2ccc3c(C(N)=O)nn(CC(C)(C)CN)c3c2n1. The van der Waals surface area contributed by atoms with E-state index in [2.05, 4.69) is 28.9 Å². The molecule has 0 saturated heterocycles. The summed E-state index contributed by atoms with van der Waals surface area (Å²) in [6.07, 6.45) is 3.70. The molecule has 0 spiro atoms. The summed E-state index contributed by atoms with van der Waals surface area (Å²) in [5, 5.41) is 6.71. The second-order valence-electron chi connectivity index (χ2n) is 6.50. The van der Waals surface area contributed by atoms with Gasteiger partial charge in [-0.3, -0.25) is 9.48 Å². The maximum absolute atomic E-state index is 11.8. The Bertz CT molecular complexity index is 933. The number of hydrogen-bond donors (Lipinski definition) is 2. The van der Waals surface area contributed by atoms with Gasteiger partial charge in [-0.25, -0.2) is 9.97 Å². The van der Waals surface area contributed by atoms with Gasteiger partial charge in [-0.2, -0.15) is 5.10 Å². The van der Waals surface area contributed by atoms with Gasteiger partial charge in [0.1, 0.15) is 5.52 Å². The third-order valence-electron chi connectivity index (χ3n) is 3.98. The quantitative estimate of drug-likeness (QED) is 0.539. The average molecular weight is 344 g/mol. The van der Waals surface area contributed by atoms with Crippen molar-refractivity contribution in [2.24, 2.45) is 16.9 Å². The molecule has 8 heteroatoms. The minimum Gasteiger partial charge on any atom is -0.364 e. The first kappa shape index (κ1) is 16.7. The van der Waals surface area contributed by atoms with E-state index >= 15 is 0 Å². The summed E-state index contributed by atoms with van der Waals surface area (Å²) in [4.78, 5) is 20.7. The Labute approximate surface area is 143 Å². The van der Waals surface area contributed by atoms with Crippen molar-refractivity contribution in [1.82, 2.24) is 19.7 Å². The molecule has 0 aliphatic carbocycles. The number of nitrogens with two attached hydrogens (primary N) is 2. The lowest BCUT2D eigenvalue weighted by atomic mass is 9.94. The van der Waals surface area contributed by atoms with Crippen LogP contribution in [0.3, 0.4) is 0 Å². The minimum atomic E-state index is -0.553. The van der Waals surface area contributed by atoms with E-state index in [4.69, 9.17) is 11.5 Å². The molecular weight excluding hydrogens is 324 g/mol. The molecule has 0 bridgehead atoms. The van der Waals surface area contributed by atoms with Gasteiger partial charge >= 0.3 is 0 Å². The first-order valence-corrected chi connectivity index (χ1v) is 8.79. The summed E-state index contributed by atoms with van der Waals surface area (Å²) in [7, 11) is 0. The molecule has 4 N–H and O–H groups in total. The highest BCUT2D eigenvalue weighted by Crippen LogP contribution is 2.29. The first-order chi connectivity index (χ1) is 11.4. The molecule has 0 saturated carbocycles. The van der Waals surface area contributed by atoms with Crippen LogP contribution < -0.4 is 11.5 Å². The van der Waals surface area contributed by atoms with Crippen molar-refractivity contribution in [2.75, 3.05) is 12.8 Å². The van der Waals surface area contributed by atoms with Crippen LogP contribution in [0.1, 0.15) is 24.3 Å². The lowest BCUT2D eigenvalue weighted by Crippen LogP contribution is -2.29. The molecule has 126 valence electrons. The van der Waals surface area contributed by atoms with Crippen LogP contribution in [0.2, 0.25) is 0 Å². The number of thioether (sulfide) groups is 1. The van der Waals surface area contributed by atoms with Crippen LogP contribution in [0, 0.1) is 5.41 Å². The van der Waals surface area contributed by atoms with Gasteiger partial charge in [0.25, 0.3) is 5.91 Å². The van der Waals surface area contributed by atoms with E-state index in [0.29, 0.717) is 23.6 Å². The van der Waals surface area contributed by atoms with Crippen LogP contribution >= 0.6 is 11.8 Å². The molecule has 1 aromatic carbocycles. The standard InChI is InChI=1S/C16H20N6OS/c1-16(2,7-17)8-22-13-10(12(21-22)14(18)23)5-4-9-6-19-15(24-3)20-11(9)13/h4-6H,7-8,17H2,1-3H3,(H2,18,23). The number of rotatable bonds is 5. The number of hydrogen-bond acceptors (Lipinski definition) is 6. The molecule has 0 fully saturated rings. The highest BCUT2D eigenvalue weighted by molar-refractivity contribution is 7.98. The predicted molar refractivity (Wildman–Crippen MR) is 96.0 cm³/mol. The molecule has 3 rings (SSSR count). The Kier molecular flexibility index (Phi) is 4.18. The second kappa shape index (κ2) is 6.03. The van der Waals surface area contributed by atoms with E-state index < -0.39 is 5.91 Å². The van der Waals surface area contributed by atoms with Crippen molar-refractivity contribution in [3.05, 3.63) is 24.0 Å². The van der Waals surface area contributed by atoms with Crippen LogP contribution in [0.25, 0.3) is 21.8 Å². The van der Waals surface area contributed by atoms with Crippen molar-refractivity contribution in [1.29, 1.82) is 0 Å². The lowest BCUT2D eigenvalue weighted by Gasteiger charge is -2.22. The zero-order valence-corrected chi connectivity index (χ0v) is 14.7. The van der Waals surface area contributed by atoms with Crippen molar-refractivity contribution in [3.63, 3.8) is 0 Å². The number of carbonyl (C=O) groups excluding carboxylic acids is 1. The van der Waals surface area contributed by atoms with Crippen LogP contribution in [-0.2, 0) is 6.54 Å². The van der Waals surface area contributed by atoms with E-state index in [9.17, 15) is 4.79 Å². The van der Waals surface area contributed by atoms with Crippen molar-refractivity contribution in [2.45, 2.75) is 25.5 Å². The van der Waals surface area contributed by atoms with Crippen LogP contribution in [0.5, 0.6) is 0 Å². The number of fused-ring (bicyclic) bond motifs is 3. The molecule has 0 radical (unpaired) electrons. The zero-order chi connectivity index (χ0) is 17.5. The fourth-order valence-corrected chi connectivity index (χ4v) is 2.95. The maximum atomic E-state index is 11.8. The number of primary amides is 1. The third kappa shape index (κ3) is 2.83. The number of aromatic nitrogens is 4. The zero-order valence-electron chi connectivity index (χ0n) is 13.9. The van der Waals surface area contributed by atoms with E-state index in [1.807, 2.05) is 18.4 Å². The van der Waals surface area contributed by atoms with E-state index in [1.165, 1.54) is 11.8 Å². The third-order valence-corrected chi connectivity index (χ3v) is 4.55. The predicted octanol–water partition coefficient (Wildman–Crippen LogP) is 1.79. The lowest BCUT2D eigenvalue weighted by molar-refractivity contribution is 0.0995. The molecule has 0 unspecified atom stereocenters. The van der Waals surface area contributed by atoms with Gasteiger partial charge < -0.3 is 11.5 Å². The van der Waals surface area contributed by atoms with E-state index in [-0.39, 0.29) is 11.1 Å². The van der Waals surface area contributed by atoms with Gasteiger partial charge in [0.15, 0.2) is 10.9 Å². The molecule has 0 aliphatic heterocycles. The summed E-state index contributed by atoms with van der Waals surface area (Å²) < 4.78 is 1.79. The molecule has 0 atom stereocenters. The Balaban J connectivity index is 2.36. The highest BCUT2D eigenvalue weighted by atomic mass is 32.2. The molecule has 0 aliphatic rings. The van der Waals surface area contributed by atoms with Gasteiger partial charge in [-0.05, 0) is 24.3 Å². The van der Waals surface area contributed by atoms with Gasteiger partial charge in [-0.15, -0.1) is 0 Å². The average Bonchev–Trinajstić information content (AvgIpc) is 2.93. The van der Waals surface area contributed by atoms with E-state index in [1.54, 1.807) is 10.9 Å². The van der Waals surface area contributed by atoms with Gasteiger partial charge in [-0.1, -0.05) is 31.7 Å².